The third-order valence-electron chi connectivity index (χ3n) is 4.29. The Morgan fingerprint density at radius 3 is 2.48 bits per heavy atom. The van der Waals surface area contributed by atoms with Gasteiger partial charge in [0.1, 0.15) is 5.69 Å². The molecule has 1 aliphatic rings. The highest BCUT2D eigenvalue weighted by molar-refractivity contribution is 6.03. The van der Waals surface area contributed by atoms with Gasteiger partial charge >= 0.3 is 0 Å². The Kier molecular flexibility index (Phi) is 4.46. The molecule has 0 bridgehead atoms. The summed E-state index contributed by atoms with van der Waals surface area (Å²) in [6.07, 6.45) is 3.96. The van der Waals surface area contributed by atoms with Crippen LogP contribution in [0.1, 0.15) is 30.3 Å². The maximum Gasteiger partial charge on any atom is 0.274 e. The molecule has 1 fully saturated rings. The van der Waals surface area contributed by atoms with Gasteiger partial charge in [-0.05, 0) is 55.2 Å². The summed E-state index contributed by atoms with van der Waals surface area (Å²) in [6.45, 7) is 4.51. The minimum absolute atomic E-state index is 0.232. The number of amides is 1. The summed E-state index contributed by atoms with van der Waals surface area (Å²) in [5.74, 6) is 0.585. The first-order valence-corrected chi connectivity index (χ1v) is 8.00. The zero-order valence-corrected chi connectivity index (χ0v) is 13.3. The first-order valence-electron chi connectivity index (χ1n) is 8.00. The number of benzene rings is 1. The number of nitrogens with zero attached hydrogens (tertiary/aromatic N) is 2. The van der Waals surface area contributed by atoms with E-state index in [1.807, 2.05) is 12.1 Å². The molecule has 1 aromatic heterocycles. The largest absolute Gasteiger partial charge is 0.397 e. The lowest BCUT2D eigenvalue weighted by Gasteiger charge is -2.32. The predicted octanol–water partition coefficient (Wildman–Crippen LogP) is 3.15. The number of anilines is 3. The molecule has 3 rings (SSSR count). The standard InChI is InChI=1S/C18H22N4O/c1-13-8-10-22(11-9-13)16-5-3-15(4-6-16)21-18(23)17-7-2-14(19)12-20-17/h2-7,12-13H,8-11,19H2,1H3,(H,21,23). The average molecular weight is 310 g/mol. The van der Waals surface area contributed by atoms with Crippen LogP contribution in [0.4, 0.5) is 17.1 Å². The minimum atomic E-state index is -0.232. The minimum Gasteiger partial charge on any atom is -0.397 e. The molecule has 3 N–H and O–H groups in total. The molecule has 1 amide bonds. The molecule has 0 saturated carbocycles. The molecule has 5 heteroatoms. The van der Waals surface area contributed by atoms with Gasteiger partial charge in [-0.3, -0.25) is 4.79 Å². The van der Waals surface area contributed by atoms with Crippen molar-refractivity contribution in [3.05, 3.63) is 48.3 Å². The molecule has 0 unspecified atom stereocenters. The molecular formula is C18H22N4O. The summed E-state index contributed by atoms with van der Waals surface area (Å²) in [6, 6.07) is 11.3. The fraction of sp³-hybridized carbons (Fsp3) is 0.333. The second-order valence-electron chi connectivity index (χ2n) is 6.15. The van der Waals surface area contributed by atoms with Crippen LogP contribution in [0.15, 0.2) is 42.6 Å². The molecule has 120 valence electrons. The SMILES string of the molecule is CC1CCN(c2ccc(NC(=O)c3ccc(N)cn3)cc2)CC1. The third-order valence-corrected chi connectivity index (χ3v) is 4.29. The molecule has 0 spiro atoms. The molecule has 1 aliphatic heterocycles. The van der Waals surface area contributed by atoms with Crippen molar-refractivity contribution in [1.82, 2.24) is 4.98 Å². The molecule has 0 atom stereocenters. The Labute approximate surface area is 136 Å². The second kappa shape index (κ2) is 6.69. The van der Waals surface area contributed by atoms with Crippen molar-refractivity contribution in [2.75, 3.05) is 29.0 Å². The van der Waals surface area contributed by atoms with Gasteiger partial charge in [0, 0.05) is 24.5 Å². The van der Waals surface area contributed by atoms with Crippen molar-refractivity contribution in [1.29, 1.82) is 0 Å². The van der Waals surface area contributed by atoms with Crippen molar-refractivity contribution < 1.29 is 4.79 Å². The number of pyridine rings is 1. The number of rotatable bonds is 3. The van der Waals surface area contributed by atoms with Gasteiger partial charge in [-0.1, -0.05) is 6.92 Å². The van der Waals surface area contributed by atoms with Gasteiger partial charge in [0.15, 0.2) is 0 Å². The average Bonchev–Trinajstić information content (AvgIpc) is 2.57. The normalized spacial score (nSPS) is 15.4. The van der Waals surface area contributed by atoms with Gasteiger partial charge in [-0.2, -0.15) is 0 Å². The summed E-state index contributed by atoms with van der Waals surface area (Å²) in [4.78, 5) is 18.5. The number of nitrogens with one attached hydrogen (secondary N) is 1. The highest BCUT2D eigenvalue weighted by Gasteiger charge is 2.16. The fourth-order valence-corrected chi connectivity index (χ4v) is 2.76. The van der Waals surface area contributed by atoms with Gasteiger partial charge in [-0.15, -0.1) is 0 Å². The van der Waals surface area contributed by atoms with E-state index < -0.39 is 0 Å². The van der Waals surface area contributed by atoms with Crippen LogP contribution in [-0.2, 0) is 0 Å². The number of hydrogen-bond donors (Lipinski definition) is 2. The Morgan fingerprint density at radius 2 is 1.87 bits per heavy atom. The van der Waals surface area contributed by atoms with Crippen LogP contribution in [0.2, 0.25) is 0 Å². The zero-order valence-electron chi connectivity index (χ0n) is 13.3. The molecule has 1 aromatic carbocycles. The zero-order chi connectivity index (χ0) is 16.2. The van der Waals surface area contributed by atoms with Crippen LogP contribution in [0, 0.1) is 5.92 Å². The van der Waals surface area contributed by atoms with E-state index in [4.69, 9.17) is 5.73 Å². The van der Waals surface area contributed by atoms with Crippen LogP contribution >= 0.6 is 0 Å². The van der Waals surface area contributed by atoms with Gasteiger partial charge < -0.3 is 16.0 Å². The van der Waals surface area contributed by atoms with Crippen LogP contribution in [-0.4, -0.2) is 24.0 Å². The first-order chi connectivity index (χ1) is 11.1. The molecule has 2 aromatic rings. The molecule has 5 nitrogen and oxygen atoms in total. The topological polar surface area (TPSA) is 71.2 Å². The van der Waals surface area contributed by atoms with Crippen molar-refractivity contribution in [3.8, 4) is 0 Å². The number of hydrogen-bond acceptors (Lipinski definition) is 4. The molecule has 2 heterocycles. The smallest absolute Gasteiger partial charge is 0.274 e. The van der Waals surface area contributed by atoms with Crippen molar-refractivity contribution in [2.45, 2.75) is 19.8 Å². The number of piperidine rings is 1. The highest BCUT2D eigenvalue weighted by Crippen LogP contribution is 2.24. The summed E-state index contributed by atoms with van der Waals surface area (Å²) < 4.78 is 0. The van der Waals surface area contributed by atoms with Crippen molar-refractivity contribution >= 4 is 23.0 Å². The van der Waals surface area contributed by atoms with E-state index in [0.29, 0.717) is 11.4 Å². The van der Waals surface area contributed by atoms with Gasteiger partial charge in [-0.25, -0.2) is 4.98 Å². The van der Waals surface area contributed by atoms with E-state index in [9.17, 15) is 4.79 Å². The predicted molar refractivity (Wildman–Crippen MR) is 93.7 cm³/mol. The monoisotopic (exact) mass is 310 g/mol. The number of aromatic nitrogens is 1. The van der Waals surface area contributed by atoms with E-state index >= 15 is 0 Å². The van der Waals surface area contributed by atoms with E-state index in [1.54, 1.807) is 12.1 Å². The lowest BCUT2D eigenvalue weighted by molar-refractivity contribution is 0.102. The summed E-state index contributed by atoms with van der Waals surface area (Å²) in [7, 11) is 0. The lowest BCUT2D eigenvalue weighted by atomic mass is 9.99. The maximum absolute atomic E-state index is 12.1. The highest BCUT2D eigenvalue weighted by atomic mass is 16.1. The Morgan fingerprint density at radius 1 is 1.17 bits per heavy atom. The number of nitrogen functional groups attached to an aromatic ring is 1. The molecule has 0 aliphatic carbocycles. The number of carbonyl (C=O) groups excluding carboxylic acids is 1. The number of carbonyl (C=O) groups is 1. The third kappa shape index (κ3) is 3.80. The van der Waals surface area contributed by atoms with Crippen LogP contribution in [0.25, 0.3) is 0 Å². The summed E-state index contributed by atoms with van der Waals surface area (Å²) in [5, 5.41) is 2.85. The van der Waals surface area contributed by atoms with Crippen LogP contribution < -0.4 is 16.0 Å². The molecule has 23 heavy (non-hydrogen) atoms. The lowest BCUT2D eigenvalue weighted by Crippen LogP contribution is -2.32. The van der Waals surface area contributed by atoms with Gasteiger partial charge in [0.05, 0.1) is 11.9 Å². The van der Waals surface area contributed by atoms with E-state index in [2.05, 4.69) is 34.3 Å². The summed E-state index contributed by atoms with van der Waals surface area (Å²) >= 11 is 0. The van der Waals surface area contributed by atoms with E-state index in [1.165, 1.54) is 24.7 Å². The van der Waals surface area contributed by atoms with Crippen molar-refractivity contribution in [2.24, 2.45) is 5.92 Å². The van der Waals surface area contributed by atoms with E-state index in [-0.39, 0.29) is 5.91 Å². The van der Waals surface area contributed by atoms with Crippen LogP contribution in [0.3, 0.4) is 0 Å². The second-order valence-corrected chi connectivity index (χ2v) is 6.15. The molecular weight excluding hydrogens is 288 g/mol. The first kappa shape index (κ1) is 15.3. The quantitative estimate of drug-likeness (QED) is 0.913. The van der Waals surface area contributed by atoms with Crippen LogP contribution in [0.5, 0.6) is 0 Å². The molecule has 0 radical (unpaired) electrons. The van der Waals surface area contributed by atoms with Crippen molar-refractivity contribution in [3.63, 3.8) is 0 Å². The Bertz CT molecular complexity index is 658. The fourth-order valence-electron chi connectivity index (χ4n) is 2.76. The van der Waals surface area contributed by atoms with E-state index in [0.717, 1.165) is 24.7 Å². The van der Waals surface area contributed by atoms with Gasteiger partial charge in [0.2, 0.25) is 0 Å². The maximum atomic E-state index is 12.1. The van der Waals surface area contributed by atoms with Gasteiger partial charge in [0.25, 0.3) is 5.91 Å². The summed E-state index contributed by atoms with van der Waals surface area (Å²) in [5.41, 5.74) is 8.45. The Balaban J connectivity index is 1.63. The number of nitrogens with two attached hydrogens (primary N) is 1. The molecule has 1 saturated heterocycles. The Hall–Kier alpha value is -2.56.